The predicted octanol–water partition coefficient (Wildman–Crippen LogP) is 5.25. The summed E-state index contributed by atoms with van der Waals surface area (Å²) in [5.41, 5.74) is 2.89. The van der Waals surface area contributed by atoms with E-state index >= 15 is 0 Å². The number of nitrogens with one attached hydrogen (secondary N) is 1. The molecule has 0 aliphatic heterocycles. The van der Waals surface area contributed by atoms with Crippen LogP contribution in [0.1, 0.15) is 17.0 Å². The summed E-state index contributed by atoms with van der Waals surface area (Å²) < 4.78 is 12.2. The normalized spacial score (nSPS) is 10.7. The fraction of sp³-hybridized carbons (Fsp3) is 0.211. The number of hydrogen-bond acceptors (Lipinski definition) is 6. The van der Waals surface area contributed by atoms with Gasteiger partial charge in [-0.1, -0.05) is 35.5 Å². The van der Waals surface area contributed by atoms with Crippen LogP contribution in [0.25, 0.3) is 0 Å². The number of para-hydroxylation sites is 1. The Morgan fingerprint density at radius 1 is 1.25 bits per heavy atom. The first-order valence-electron chi connectivity index (χ1n) is 8.31. The maximum Gasteiger partial charge on any atom is 0.277 e. The summed E-state index contributed by atoms with van der Waals surface area (Å²) in [6.07, 6.45) is 0. The van der Waals surface area contributed by atoms with Crippen molar-refractivity contribution in [1.82, 2.24) is 10.2 Å². The van der Waals surface area contributed by atoms with E-state index in [1.54, 1.807) is 12.1 Å². The molecule has 3 aromatic rings. The van der Waals surface area contributed by atoms with E-state index in [2.05, 4.69) is 38.1 Å². The van der Waals surface area contributed by atoms with E-state index in [0.29, 0.717) is 21.9 Å². The van der Waals surface area contributed by atoms with Gasteiger partial charge in [0.1, 0.15) is 5.75 Å². The maximum absolute atomic E-state index is 12.3. The molecular weight excluding hydrogens is 513 g/mol. The van der Waals surface area contributed by atoms with E-state index in [4.69, 9.17) is 20.8 Å². The van der Waals surface area contributed by atoms with Crippen LogP contribution >= 0.6 is 46.0 Å². The lowest BCUT2D eigenvalue weighted by molar-refractivity contribution is -0.113. The largest absolute Gasteiger partial charge is 0.482 e. The van der Waals surface area contributed by atoms with Gasteiger partial charge in [0.2, 0.25) is 5.91 Å². The summed E-state index contributed by atoms with van der Waals surface area (Å²) in [6, 6.07) is 11.2. The van der Waals surface area contributed by atoms with E-state index in [0.717, 1.165) is 20.4 Å². The number of aromatic nitrogens is 2. The highest BCUT2D eigenvalue weighted by Crippen LogP contribution is 2.25. The Kier molecular flexibility index (Phi) is 7.19. The van der Waals surface area contributed by atoms with Crippen molar-refractivity contribution in [1.29, 1.82) is 0 Å². The van der Waals surface area contributed by atoms with Gasteiger partial charge in [0.15, 0.2) is 6.61 Å². The molecule has 28 heavy (non-hydrogen) atoms. The van der Waals surface area contributed by atoms with Crippen LogP contribution in [-0.4, -0.2) is 21.9 Å². The lowest BCUT2D eigenvalue weighted by atomic mass is 10.1. The average Bonchev–Trinajstić information content (AvgIpc) is 3.10. The van der Waals surface area contributed by atoms with Crippen molar-refractivity contribution in [2.45, 2.75) is 25.7 Å². The SMILES string of the molecule is Cc1cc(I)cc(C)c1NC(=O)CSc1nnc(COc2ccccc2Cl)o1. The summed E-state index contributed by atoms with van der Waals surface area (Å²) in [7, 11) is 0. The third-order valence-corrected chi connectivity index (χ3v) is 5.48. The van der Waals surface area contributed by atoms with Crippen LogP contribution in [0, 0.1) is 17.4 Å². The smallest absolute Gasteiger partial charge is 0.277 e. The van der Waals surface area contributed by atoms with Crippen LogP contribution in [0.3, 0.4) is 0 Å². The molecule has 0 atom stereocenters. The first kappa shape index (κ1) is 20.9. The van der Waals surface area contributed by atoms with Gasteiger partial charge >= 0.3 is 0 Å². The molecule has 0 aliphatic rings. The molecule has 0 radical (unpaired) electrons. The maximum atomic E-state index is 12.3. The Balaban J connectivity index is 1.51. The number of nitrogens with zero attached hydrogens (tertiary/aromatic N) is 2. The molecule has 6 nitrogen and oxygen atoms in total. The van der Waals surface area contributed by atoms with Crippen molar-refractivity contribution < 1.29 is 13.9 Å². The molecule has 0 bridgehead atoms. The summed E-state index contributed by atoms with van der Waals surface area (Å²) in [4.78, 5) is 12.3. The molecule has 0 aliphatic carbocycles. The van der Waals surface area contributed by atoms with Crippen LogP contribution in [0.5, 0.6) is 5.75 Å². The molecule has 0 saturated heterocycles. The van der Waals surface area contributed by atoms with E-state index in [9.17, 15) is 4.79 Å². The second-order valence-corrected chi connectivity index (χ2v) is 8.51. The highest BCUT2D eigenvalue weighted by Gasteiger charge is 2.13. The van der Waals surface area contributed by atoms with Crippen LogP contribution in [-0.2, 0) is 11.4 Å². The number of ether oxygens (including phenoxy) is 1. The quantitative estimate of drug-likeness (QED) is 0.333. The minimum atomic E-state index is -0.135. The molecular formula is C19H17ClIN3O3S. The number of rotatable bonds is 7. The summed E-state index contributed by atoms with van der Waals surface area (Å²) in [5.74, 6) is 0.883. The van der Waals surface area contributed by atoms with E-state index < -0.39 is 0 Å². The lowest BCUT2D eigenvalue weighted by Gasteiger charge is -2.11. The summed E-state index contributed by atoms with van der Waals surface area (Å²) >= 11 is 9.47. The average molecular weight is 530 g/mol. The second-order valence-electron chi connectivity index (χ2n) is 5.93. The standard InChI is InChI=1S/C19H17ClIN3O3S/c1-11-7-13(21)8-12(2)18(11)22-16(25)10-28-19-24-23-17(27-19)9-26-15-6-4-3-5-14(15)20/h3-8H,9-10H2,1-2H3,(H,22,25). The van der Waals surface area contributed by atoms with Gasteiger partial charge in [-0.05, 0) is 71.8 Å². The van der Waals surface area contributed by atoms with Crippen LogP contribution < -0.4 is 10.1 Å². The molecule has 3 rings (SSSR count). The number of benzene rings is 2. The van der Waals surface area contributed by atoms with Gasteiger partial charge in [0.25, 0.3) is 11.1 Å². The van der Waals surface area contributed by atoms with Crippen LogP contribution in [0.15, 0.2) is 46.0 Å². The topological polar surface area (TPSA) is 77.2 Å². The van der Waals surface area contributed by atoms with Crippen LogP contribution in [0.2, 0.25) is 5.02 Å². The highest BCUT2D eigenvalue weighted by molar-refractivity contribution is 14.1. The number of amides is 1. The van der Waals surface area contributed by atoms with E-state index in [1.165, 1.54) is 11.8 Å². The third kappa shape index (κ3) is 5.62. The highest BCUT2D eigenvalue weighted by atomic mass is 127. The molecule has 1 N–H and O–H groups in total. The number of carbonyl (C=O) groups is 1. The Hall–Kier alpha value is -1.78. The number of anilines is 1. The molecule has 1 amide bonds. The molecule has 0 unspecified atom stereocenters. The van der Waals surface area contributed by atoms with Crippen LogP contribution in [0.4, 0.5) is 5.69 Å². The first-order valence-corrected chi connectivity index (χ1v) is 10.8. The zero-order valence-corrected chi connectivity index (χ0v) is 18.9. The van der Waals surface area contributed by atoms with Crippen molar-refractivity contribution >= 4 is 57.5 Å². The Bertz CT molecular complexity index is 973. The van der Waals surface area contributed by atoms with Gasteiger partial charge in [0, 0.05) is 9.26 Å². The molecule has 146 valence electrons. The Morgan fingerprint density at radius 3 is 2.68 bits per heavy atom. The van der Waals surface area contributed by atoms with Crippen molar-refractivity contribution in [3.63, 3.8) is 0 Å². The fourth-order valence-corrected chi connectivity index (χ4v) is 4.17. The van der Waals surface area contributed by atoms with Crippen molar-refractivity contribution in [3.8, 4) is 5.75 Å². The van der Waals surface area contributed by atoms with Gasteiger partial charge in [-0.25, -0.2) is 0 Å². The minimum Gasteiger partial charge on any atom is -0.482 e. The number of hydrogen-bond donors (Lipinski definition) is 1. The van der Waals surface area contributed by atoms with Crippen molar-refractivity contribution in [2.24, 2.45) is 0 Å². The fourth-order valence-electron chi connectivity index (χ4n) is 2.47. The lowest BCUT2D eigenvalue weighted by Crippen LogP contribution is -2.16. The van der Waals surface area contributed by atoms with Gasteiger partial charge in [-0.15, -0.1) is 10.2 Å². The zero-order chi connectivity index (χ0) is 20.1. The number of carbonyl (C=O) groups excluding carboxylic acids is 1. The monoisotopic (exact) mass is 529 g/mol. The molecule has 1 heterocycles. The summed E-state index contributed by atoms with van der Waals surface area (Å²) in [5, 5.41) is 11.6. The number of halogens is 2. The Labute approximate surface area is 185 Å². The minimum absolute atomic E-state index is 0.102. The van der Waals surface area contributed by atoms with E-state index in [-0.39, 0.29) is 18.3 Å². The first-order chi connectivity index (χ1) is 13.4. The second kappa shape index (κ2) is 9.62. The molecule has 1 aromatic heterocycles. The zero-order valence-electron chi connectivity index (χ0n) is 15.2. The molecule has 2 aromatic carbocycles. The molecule has 0 fully saturated rings. The van der Waals surface area contributed by atoms with Gasteiger partial charge in [-0.2, -0.15) is 0 Å². The molecule has 9 heteroatoms. The van der Waals surface area contributed by atoms with Gasteiger partial charge in [-0.3, -0.25) is 4.79 Å². The number of aryl methyl sites for hydroxylation is 2. The molecule has 0 saturated carbocycles. The van der Waals surface area contributed by atoms with Gasteiger partial charge < -0.3 is 14.5 Å². The summed E-state index contributed by atoms with van der Waals surface area (Å²) in [6.45, 7) is 4.05. The van der Waals surface area contributed by atoms with Crippen molar-refractivity contribution in [3.05, 3.63) is 62.0 Å². The predicted molar refractivity (Wildman–Crippen MR) is 118 cm³/mol. The molecule has 0 spiro atoms. The number of thioether (sulfide) groups is 1. The van der Waals surface area contributed by atoms with Crippen molar-refractivity contribution in [2.75, 3.05) is 11.1 Å². The Morgan fingerprint density at radius 2 is 1.96 bits per heavy atom. The van der Waals surface area contributed by atoms with E-state index in [1.807, 2.05) is 38.1 Å². The third-order valence-electron chi connectivity index (χ3n) is 3.72. The van der Waals surface area contributed by atoms with Gasteiger partial charge in [0.05, 0.1) is 10.8 Å².